The van der Waals surface area contributed by atoms with Crippen LogP contribution in [-0.4, -0.2) is 47.4 Å². The van der Waals surface area contributed by atoms with E-state index in [1.807, 2.05) is 6.08 Å². The van der Waals surface area contributed by atoms with Crippen molar-refractivity contribution in [2.24, 2.45) is 0 Å². The van der Waals surface area contributed by atoms with E-state index in [0.29, 0.717) is 19.4 Å². The standard InChI is InChI=1S/C59H111NO5/c1-3-5-7-9-11-13-15-17-19-21-23-24-25-27-29-31-35-39-43-47-51-57(62)56(55-61)60-58(63)52-48-44-40-36-33-34-38-42-46-50-54-65-59(64)53-49-45-41-37-32-30-28-26-22-20-18-16-14-12-10-8-6-4-2/h14,16,20,22,47,51,56-57,61-62H,3-13,15,17-19,21,23-46,48-50,52-55H2,1-2H3,(H,60,63)/b16-14-,22-20-,51-47+. The van der Waals surface area contributed by atoms with Gasteiger partial charge in [0.1, 0.15) is 0 Å². The predicted octanol–water partition coefficient (Wildman–Crippen LogP) is 17.6. The predicted molar refractivity (Wildman–Crippen MR) is 283 cm³/mol. The fraction of sp³-hybridized carbons (Fsp3) is 0.864. The second-order valence-corrected chi connectivity index (χ2v) is 19.6. The summed E-state index contributed by atoms with van der Waals surface area (Å²) in [4.78, 5) is 24.6. The quantitative estimate of drug-likeness (QED) is 0.0321. The Balaban J connectivity index is 3.51. The van der Waals surface area contributed by atoms with Crippen LogP contribution in [0.1, 0.15) is 303 Å². The second kappa shape index (κ2) is 54.7. The van der Waals surface area contributed by atoms with E-state index in [1.54, 1.807) is 6.08 Å². The zero-order valence-corrected chi connectivity index (χ0v) is 43.5. The van der Waals surface area contributed by atoms with Gasteiger partial charge in [-0.25, -0.2) is 0 Å². The lowest BCUT2D eigenvalue weighted by Gasteiger charge is -2.20. The molecule has 0 aromatic rings. The summed E-state index contributed by atoms with van der Waals surface area (Å²) in [5.74, 6) is -0.117. The van der Waals surface area contributed by atoms with Gasteiger partial charge in [-0.15, -0.1) is 0 Å². The highest BCUT2D eigenvalue weighted by atomic mass is 16.5. The molecular weight excluding hydrogens is 803 g/mol. The molecule has 0 aliphatic carbocycles. The van der Waals surface area contributed by atoms with E-state index >= 15 is 0 Å². The van der Waals surface area contributed by atoms with Gasteiger partial charge in [-0.05, 0) is 64.2 Å². The van der Waals surface area contributed by atoms with Crippen molar-refractivity contribution in [1.82, 2.24) is 5.32 Å². The highest BCUT2D eigenvalue weighted by Gasteiger charge is 2.18. The average molecular weight is 915 g/mol. The van der Waals surface area contributed by atoms with E-state index in [4.69, 9.17) is 4.74 Å². The van der Waals surface area contributed by atoms with Gasteiger partial charge in [0.15, 0.2) is 0 Å². The Bertz CT molecular complexity index is 1060. The number of carbonyl (C=O) groups excluding carboxylic acids is 2. The van der Waals surface area contributed by atoms with Crippen molar-refractivity contribution in [3.8, 4) is 0 Å². The van der Waals surface area contributed by atoms with Gasteiger partial charge in [-0.2, -0.15) is 0 Å². The molecule has 1 amide bonds. The zero-order valence-electron chi connectivity index (χ0n) is 43.5. The number of hydrogen-bond acceptors (Lipinski definition) is 5. The van der Waals surface area contributed by atoms with Crippen LogP contribution in [0.2, 0.25) is 0 Å². The van der Waals surface area contributed by atoms with E-state index in [0.717, 1.165) is 64.2 Å². The summed E-state index contributed by atoms with van der Waals surface area (Å²) in [5, 5.41) is 23.1. The molecule has 0 aromatic carbocycles. The molecule has 0 aliphatic heterocycles. The summed E-state index contributed by atoms with van der Waals surface area (Å²) in [6.07, 6.45) is 67.3. The van der Waals surface area contributed by atoms with Crippen LogP contribution in [0.5, 0.6) is 0 Å². The fourth-order valence-corrected chi connectivity index (χ4v) is 8.72. The topological polar surface area (TPSA) is 95.9 Å². The minimum absolute atomic E-state index is 0.0279. The number of esters is 1. The van der Waals surface area contributed by atoms with E-state index in [9.17, 15) is 19.8 Å². The molecule has 382 valence electrons. The first-order chi connectivity index (χ1) is 32.0. The molecule has 2 atom stereocenters. The normalized spacial score (nSPS) is 12.9. The molecule has 0 fully saturated rings. The largest absolute Gasteiger partial charge is 0.466 e. The van der Waals surface area contributed by atoms with Crippen LogP contribution in [0, 0.1) is 0 Å². The lowest BCUT2D eigenvalue weighted by atomic mass is 10.0. The van der Waals surface area contributed by atoms with Gasteiger partial charge in [0.25, 0.3) is 0 Å². The molecule has 0 heterocycles. The molecule has 0 aromatic heterocycles. The molecule has 0 rings (SSSR count). The lowest BCUT2D eigenvalue weighted by molar-refractivity contribution is -0.143. The van der Waals surface area contributed by atoms with Crippen molar-refractivity contribution in [2.45, 2.75) is 315 Å². The minimum atomic E-state index is -0.861. The molecule has 0 radical (unpaired) electrons. The molecule has 0 spiro atoms. The van der Waals surface area contributed by atoms with Gasteiger partial charge >= 0.3 is 5.97 Å². The maximum Gasteiger partial charge on any atom is 0.305 e. The Labute approximate surface area is 404 Å². The summed E-state index contributed by atoms with van der Waals surface area (Å²) >= 11 is 0. The maximum absolute atomic E-state index is 12.5. The highest BCUT2D eigenvalue weighted by Crippen LogP contribution is 2.16. The third kappa shape index (κ3) is 51.3. The van der Waals surface area contributed by atoms with Crippen LogP contribution >= 0.6 is 0 Å². The molecule has 0 saturated carbocycles. The summed E-state index contributed by atoms with van der Waals surface area (Å²) in [6, 6.07) is -0.646. The van der Waals surface area contributed by atoms with Crippen molar-refractivity contribution in [1.29, 1.82) is 0 Å². The lowest BCUT2D eigenvalue weighted by Crippen LogP contribution is -2.45. The molecular formula is C59H111NO5. The van der Waals surface area contributed by atoms with E-state index in [1.165, 1.54) is 212 Å². The van der Waals surface area contributed by atoms with E-state index < -0.39 is 12.1 Å². The van der Waals surface area contributed by atoms with Crippen molar-refractivity contribution >= 4 is 11.9 Å². The number of hydrogen-bond donors (Lipinski definition) is 3. The van der Waals surface area contributed by atoms with Crippen molar-refractivity contribution in [2.75, 3.05) is 13.2 Å². The number of aliphatic hydroxyl groups is 2. The van der Waals surface area contributed by atoms with E-state index in [-0.39, 0.29) is 18.5 Å². The van der Waals surface area contributed by atoms with Crippen molar-refractivity contribution < 1.29 is 24.5 Å². The number of aliphatic hydroxyl groups excluding tert-OH is 2. The second-order valence-electron chi connectivity index (χ2n) is 19.6. The Kier molecular flexibility index (Phi) is 53.1. The van der Waals surface area contributed by atoms with Crippen LogP contribution < -0.4 is 5.32 Å². The number of carbonyl (C=O) groups is 2. The molecule has 3 N–H and O–H groups in total. The van der Waals surface area contributed by atoms with E-state index in [2.05, 4.69) is 43.5 Å². The van der Waals surface area contributed by atoms with Crippen molar-refractivity contribution in [3.05, 3.63) is 36.5 Å². The van der Waals surface area contributed by atoms with Crippen LogP contribution in [0.3, 0.4) is 0 Å². The van der Waals surface area contributed by atoms with Gasteiger partial charge < -0.3 is 20.3 Å². The monoisotopic (exact) mass is 914 g/mol. The Morgan fingerprint density at radius 1 is 0.431 bits per heavy atom. The molecule has 6 heteroatoms. The summed E-state index contributed by atoms with van der Waals surface area (Å²) in [7, 11) is 0. The molecule has 0 saturated heterocycles. The first kappa shape index (κ1) is 63.1. The maximum atomic E-state index is 12.5. The molecule has 6 nitrogen and oxygen atoms in total. The van der Waals surface area contributed by atoms with Crippen LogP contribution in [0.25, 0.3) is 0 Å². The van der Waals surface area contributed by atoms with Gasteiger partial charge in [0.05, 0.1) is 25.4 Å². The van der Waals surface area contributed by atoms with Gasteiger partial charge in [-0.3, -0.25) is 9.59 Å². The van der Waals surface area contributed by atoms with Crippen molar-refractivity contribution in [3.63, 3.8) is 0 Å². The smallest absolute Gasteiger partial charge is 0.305 e. The van der Waals surface area contributed by atoms with Gasteiger partial charge in [-0.1, -0.05) is 262 Å². The van der Waals surface area contributed by atoms with Crippen LogP contribution in [0.15, 0.2) is 36.5 Å². The molecule has 2 unspecified atom stereocenters. The Hall–Kier alpha value is -1.92. The number of ether oxygens (including phenoxy) is 1. The Morgan fingerprint density at radius 2 is 0.769 bits per heavy atom. The number of amides is 1. The Morgan fingerprint density at radius 3 is 1.18 bits per heavy atom. The van der Waals surface area contributed by atoms with Crippen LogP contribution in [-0.2, 0) is 14.3 Å². The number of nitrogens with one attached hydrogen (secondary N) is 1. The average Bonchev–Trinajstić information content (AvgIpc) is 3.31. The third-order valence-electron chi connectivity index (χ3n) is 13.2. The number of rotatable bonds is 53. The van der Waals surface area contributed by atoms with Crippen LogP contribution in [0.4, 0.5) is 0 Å². The third-order valence-corrected chi connectivity index (χ3v) is 13.2. The zero-order chi connectivity index (χ0) is 47.2. The first-order valence-electron chi connectivity index (χ1n) is 28.8. The highest BCUT2D eigenvalue weighted by molar-refractivity contribution is 5.76. The van der Waals surface area contributed by atoms with Gasteiger partial charge in [0.2, 0.25) is 5.91 Å². The molecule has 0 aliphatic rings. The SMILES string of the molecule is CCCCCC/C=C\C/C=C\CCCCCCCCCC(=O)OCCCCCCCCCCCCC(=O)NC(CO)C(O)/C=C/CCCCCCCCCCCCCCCCCCCC. The molecule has 65 heavy (non-hydrogen) atoms. The fourth-order valence-electron chi connectivity index (χ4n) is 8.72. The summed E-state index contributed by atoms with van der Waals surface area (Å²) < 4.78 is 5.47. The first-order valence-corrected chi connectivity index (χ1v) is 28.8. The minimum Gasteiger partial charge on any atom is -0.466 e. The number of allylic oxidation sites excluding steroid dienone is 5. The summed E-state index contributed by atoms with van der Waals surface area (Å²) in [6.45, 7) is 4.84. The van der Waals surface area contributed by atoms with Gasteiger partial charge in [0, 0.05) is 12.8 Å². The number of unbranched alkanes of at least 4 members (excludes halogenated alkanes) is 38. The molecule has 0 bridgehead atoms. The summed E-state index contributed by atoms with van der Waals surface area (Å²) in [5.41, 5.74) is 0.